The van der Waals surface area contributed by atoms with Gasteiger partial charge in [-0.25, -0.2) is 0 Å². The zero-order valence-corrected chi connectivity index (χ0v) is 26.0. The van der Waals surface area contributed by atoms with Gasteiger partial charge in [-0.1, -0.05) is 47.1 Å². The molecule has 0 radical (unpaired) electrons. The van der Waals surface area contributed by atoms with Gasteiger partial charge in [0, 0.05) is 17.8 Å². The molecule has 1 heterocycles. The number of esters is 2. The topological polar surface area (TPSA) is 107 Å². The summed E-state index contributed by atoms with van der Waals surface area (Å²) >= 11 is 0. The predicted octanol–water partition coefficient (Wildman–Crippen LogP) is 6.63. The second-order valence-electron chi connectivity index (χ2n) is 16.5. The number of carboxylic acids is 1. The molecule has 0 aromatic rings. The third-order valence-electron chi connectivity index (χ3n) is 14.3. The number of carboxylic acid groups (broad SMARTS) is 1. The van der Waals surface area contributed by atoms with Crippen LogP contribution in [0.5, 0.6) is 0 Å². The molecule has 226 valence electrons. The predicted molar refractivity (Wildman–Crippen MR) is 151 cm³/mol. The molecule has 6 rings (SSSR count). The Bertz CT molecular complexity index is 1250. The standard InChI is InChI=1S/C34H48O7/c1-28(2)23-10-11-33(7)26(31(23,5)15-17-34(28)40-24(36)8-9-25(37)41-34)22(35)18-20-21-19-30(4,27(38)39)13-12-29(21,3)14-16-32(20,33)6/h18,21,23,26H,8-17,19H2,1-7H3,(H,38,39)/t21-,23?,26?,29-,30+,31+,32-,33-/m1/s1. The molecule has 41 heavy (non-hydrogen) atoms. The fraction of sp³-hybridized carbons (Fsp3) is 0.824. The lowest BCUT2D eigenvalue weighted by atomic mass is 9.33. The van der Waals surface area contributed by atoms with Crippen LogP contribution < -0.4 is 0 Å². The molecule has 2 unspecified atom stereocenters. The molecule has 8 atom stereocenters. The van der Waals surface area contributed by atoms with E-state index in [1.54, 1.807) is 0 Å². The monoisotopic (exact) mass is 568 g/mol. The smallest absolute Gasteiger partial charge is 0.309 e. The summed E-state index contributed by atoms with van der Waals surface area (Å²) < 4.78 is 12.0. The number of carbonyl (C=O) groups is 4. The summed E-state index contributed by atoms with van der Waals surface area (Å²) in [5.41, 5.74) is -1.09. The number of hydrogen-bond donors (Lipinski definition) is 1. The molecular formula is C34H48O7. The van der Waals surface area contributed by atoms with Crippen LogP contribution in [0.2, 0.25) is 0 Å². The van der Waals surface area contributed by atoms with Crippen molar-refractivity contribution < 1.29 is 33.8 Å². The van der Waals surface area contributed by atoms with E-state index < -0.39 is 34.5 Å². The quantitative estimate of drug-likeness (QED) is 0.354. The molecule has 1 saturated heterocycles. The van der Waals surface area contributed by atoms with Crippen LogP contribution in [0.3, 0.4) is 0 Å². The summed E-state index contributed by atoms with van der Waals surface area (Å²) in [4.78, 5) is 52.2. The van der Waals surface area contributed by atoms with Gasteiger partial charge in [-0.2, -0.15) is 0 Å². The van der Waals surface area contributed by atoms with E-state index in [2.05, 4.69) is 41.5 Å². The van der Waals surface area contributed by atoms with Crippen molar-refractivity contribution in [3.05, 3.63) is 11.6 Å². The van der Waals surface area contributed by atoms with Crippen LogP contribution >= 0.6 is 0 Å². The van der Waals surface area contributed by atoms with Crippen LogP contribution in [0.25, 0.3) is 0 Å². The number of fused-ring (bicyclic) bond motifs is 7. The van der Waals surface area contributed by atoms with Crippen LogP contribution in [0.4, 0.5) is 0 Å². The minimum Gasteiger partial charge on any atom is -0.481 e. The van der Waals surface area contributed by atoms with E-state index >= 15 is 0 Å². The Morgan fingerprint density at radius 2 is 1.44 bits per heavy atom. The fourth-order valence-electron chi connectivity index (χ4n) is 11.4. The molecule has 6 aliphatic rings. The van der Waals surface area contributed by atoms with E-state index in [0.717, 1.165) is 32.1 Å². The van der Waals surface area contributed by atoms with Gasteiger partial charge >= 0.3 is 17.9 Å². The van der Waals surface area contributed by atoms with Crippen molar-refractivity contribution >= 4 is 23.7 Å². The first-order chi connectivity index (χ1) is 18.9. The van der Waals surface area contributed by atoms with E-state index in [4.69, 9.17) is 9.47 Å². The Labute approximate surface area is 244 Å². The normalized spacial score (nSPS) is 48.3. The fourth-order valence-corrected chi connectivity index (χ4v) is 11.4. The molecule has 5 fully saturated rings. The van der Waals surface area contributed by atoms with E-state index in [9.17, 15) is 24.3 Å². The second kappa shape index (κ2) is 8.47. The van der Waals surface area contributed by atoms with Crippen molar-refractivity contribution in [3.8, 4) is 0 Å². The van der Waals surface area contributed by atoms with Crippen molar-refractivity contribution in [3.63, 3.8) is 0 Å². The molecule has 0 aromatic carbocycles. The highest BCUT2D eigenvalue weighted by atomic mass is 16.7. The molecule has 7 heteroatoms. The van der Waals surface area contributed by atoms with E-state index in [1.165, 1.54) is 5.57 Å². The Kier molecular flexibility index (Phi) is 5.97. The van der Waals surface area contributed by atoms with Gasteiger partial charge in [0.25, 0.3) is 5.79 Å². The van der Waals surface area contributed by atoms with Crippen molar-refractivity contribution in [2.24, 2.45) is 50.2 Å². The number of ketones is 1. The molecule has 1 aliphatic heterocycles. The van der Waals surface area contributed by atoms with Gasteiger partial charge in [-0.05, 0) is 97.9 Å². The maximum absolute atomic E-state index is 14.5. The molecule has 1 N–H and O–H groups in total. The van der Waals surface area contributed by atoms with E-state index in [1.807, 2.05) is 13.0 Å². The molecule has 0 amide bonds. The van der Waals surface area contributed by atoms with Gasteiger partial charge in [0.15, 0.2) is 5.78 Å². The zero-order chi connectivity index (χ0) is 30.0. The molecule has 4 saturated carbocycles. The first kappa shape index (κ1) is 28.9. The Hall–Kier alpha value is -2.18. The largest absolute Gasteiger partial charge is 0.481 e. The Balaban J connectivity index is 1.42. The number of aliphatic carboxylic acids is 1. The molecular weight excluding hydrogens is 520 g/mol. The minimum atomic E-state index is -1.31. The van der Waals surface area contributed by atoms with Gasteiger partial charge in [0.2, 0.25) is 0 Å². The summed E-state index contributed by atoms with van der Waals surface area (Å²) in [5, 5.41) is 10.1. The highest BCUT2D eigenvalue weighted by Crippen LogP contribution is 2.76. The van der Waals surface area contributed by atoms with Crippen molar-refractivity contribution in [1.82, 2.24) is 0 Å². The number of carbonyl (C=O) groups excluding carboxylic acids is 3. The summed E-state index contributed by atoms with van der Waals surface area (Å²) in [6, 6.07) is 0. The zero-order valence-electron chi connectivity index (χ0n) is 26.0. The van der Waals surface area contributed by atoms with Crippen molar-refractivity contribution in [1.29, 1.82) is 0 Å². The Morgan fingerprint density at radius 1 is 0.829 bits per heavy atom. The number of allylic oxidation sites excluding steroid dienone is 2. The maximum Gasteiger partial charge on any atom is 0.309 e. The summed E-state index contributed by atoms with van der Waals surface area (Å²) in [6.07, 6.45) is 8.90. The van der Waals surface area contributed by atoms with Crippen LogP contribution in [-0.4, -0.2) is 34.6 Å². The third kappa shape index (κ3) is 3.56. The lowest BCUT2D eigenvalue weighted by Gasteiger charge is -2.71. The summed E-state index contributed by atoms with van der Waals surface area (Å²) in [5.74, 6) is -2.78. The molecule has 1 spiro atoms. The van der Waals surface area contributed by atoms with Gasteiger partial charge in [-0.15, -0.1) is 0 Å². The van der Waals surface area contributed by atoms with E-state index in [-0.39, 0.29) is 58.0 Å². The minimum absolute atomic E-state index is 0.0112. The summed E-state index contributed by atoms with van der Waals surface area (Å²) in [7, 11) is 0. The molecule has 7 nitrogen and oxygen atoms in total. The number of rotatable bonds is 1. The highest BCUT2D eigenvalue weighted by Gasteiger charge is 2.73. The molecule has 0 bridgehead atoms. The average molecular weight is 569 g/mol. The van der Waals surface area contributed by atoms with Crippen molar-refractivity contribution in [2.75, 3.05) is 0 Å². The van der Waals surface area contributed by atoms with Crippen LogP contribution in [-0.2, 0) is 28.7 Å². The third-order valence-corrected chi connectivity index (χ3v) is 14.3. The first-order valence-electron chi connectivity index (χ1n) is 15.8. The second-order valence-corrected chi connectivity index (χ2v) is 16.5. The highest BCUT2D eigenvalue weighted by molar-refractivity contribution is 5.95. The lowest BCUT2D eigenvalue weighted by molar-refractivity contribution is -0.316. The number of ether oxygens (including phenoxy) is 2. The SMILES string of the molecule is CC1(C)C2CC[C@]3(C)C(C(=O)C=C4[C@H]5C[C@@](C)(C(=O)O)CC[C@]5(C)CC[C@]43C)[C@@]2(C)CCC12OC(=O)CCC(=O)O2. The Morgan fingerprint density at radius 3 is 2.05 bits per heavy atom. The lowest BCUT2D eigenvalue weighted by Crippen LogP contribution is -2.69. The molecule has 0 aromatic heterocycles. The van der Waals surface area contributed by atoms with Crippen LogP contribution in [0.1, 0.15) is 119 Å². The van der Waals surface area contributed by atoms with Gasteiger partial charge in [0.05, 0.1) is 18.3 Å². The van der Waals surface area contributed by atoms with Gasteiger partial charge in [0.1, 0.15) is 0 Å². The summed E-state index contributed by atoms with van der Waals surface area (Å²) in [6.45, 7) is 15.3. The van der Waals surface area contributed by atoms with Gasteiger partial charge in [-0.3, -0.25) is 19.2 Å². The van der Waals surface area contributed by atoms with Crippen LogP contribution in [0.15, 0.2) is 11.6 Å². The average Bonchev–Trinajstić information content (AvgIpc) is 3.02. The van der Waals surface area contributed by atoms with E-state index in [0.29, 0.717) is 25.7 Å². The first-order valence-corrected chi connectivity index (χ1v) is 15.8. The van der Waals surface area contributed by atoms with Crippen LogP contribution in [0, 0.1) is 50.2 Å². The molecule has 5 aliphatic carbocycles. The van der Waals surface area contributed by atoms with Crippen molar-refractivity contribution in [2.45, 2.75) is 125 Å². The van der Waals surface area contributed by atoms with Gasteiger partial charge < -0.3 is 14.6 Å². The maximum atomic E-state index is 14.5. The number of hydrogen-bond acceptors (Lipinski definition) is 6.